The van der Waals surface area contributed by atoms with Crippen LogP contribution in [0, 0.1) is 5.92 Å². The summed E-state index contributed by atoms with van der Waals surface area (Å²) in [5.41, 5.74) is 0. The quantitative estimate of drug-likeness (QED) is 0.524. The van der Waals surface area contributed by atoms with Crippen molar-refractivity contribution in [2.75, 3.05) is 18.1 Å². The molecule has 1 saturated heterocycles. The predicted molar refractivity (Wildman–Crippen MR) is 71.8 cm³/mol. The summed E-state index contributed by atoms with van der Waals surface area (Å²) in [6, 6.07) is 0. The number of hydrogen-bond donors (Lipinski definition) is 0. The molecule has 0 aromatic heterocycles. The van der Waals surface area contributed by atoms with Crippen LogP contribution in [0.15, 0.2) is 0 Å². The van der Waals surface area contributed by atoms with E-state index in [0.29, 0.717) is 19.3 Å². The molecule has 1 aliphatic rings. The minimum absolute atomic E-state index is 0.0290. The maximum absolute atomic E-state index is 12.9. The van der Waals surface area contributed by atoms with Gasteiger partial charge in [-0.1, -0.05) is 0 Å². The fourth-order valence-corrected chi connectivity index (χ4v) is 3.72. The topological polar surface area (TPSA) is 60.4 Å². The highest BCUT2D eigenvalue weighted by Crippen LogP contribution is 2.36. The maximum Gasteiger partial charge on any atom is 0.313 e. The first-order valence-electron chi connectivity index (χ1n) is 7.05. The molecule has 130 valence electrons. The van der Waals surface area contributed by atoms with Gasteiger partial charge in [-0.05, 0) is 25.2 Å². The summed E-state index contributed by atoms with van der Waals surface area (Å²) >= 11 is 0. The largest absolute Gasteiger partial charge is 0.465 e. The minimum atomic E-state index is -4.22. The van der Waals surface area contributed by atoms with Crippen LogP contribution >= 0.6 is 0 Å². The van der Waals surface area contributed by atoms with E-state index < -0.39 is 40.7 Å². The molecule has 0 N–H and O–H groups in total. The number of esters is 1. The van der Waals surface area contributed by atoms with Crippen LogP contribution in [0.3, 0.4) is 0 Å². The molecule has 0 bridgehead atoms. The summed E-state index contributed by atoms with van der Waals surface area (Å²) in [5.74, 6) is -8.85. The molecule has 0 spiro atoms. The molecule has 1 rings (SSSR count). The van der Waals surface area contributed by atoms with Crippen molar-refractivity contribution in [1.82, 2.24) is 0 Å². The maximum atomic E-state index is 12.9. The van der Waals surface area contributed by atoms with Gasteiger partial charge in [0.15, 0.2) is 0 Å². The fraction of sp³-hybridized carbons (Fsp3) is 0.923. The Morgan fingerprint density at radius 2 is 1.73 bits per heavy atom. The first-order valence-corrected chi connectivity index (χ1v) is 8.87. The third-order valence-electron chi connectivity index (χ3n) is 3.75. The molecular formula is C13H20F4O4S. The molecule has 22 heavy (non-hydrogen) atoms. The van der Waals surface area contributed by atoms with Gasteiger partial charge in [0, 0.05) is 13.3 Å². The minimum Gasteiger partial charge on any atom is -0.465 e. The molecule has 0 saturated carbocycles. The average molecular weight is 348 g/mol. The van der Waals surface area contributed by atoms with E-state index in [1.165, 1.54) is 0 Å². The predicted octanol–water partition coefficient (Wildman–Crippen LogP) is 2.82. The number of carbonyl (C=O) groups excluding carboxylic acids is 1. The van der Waals surface area contributed by atoms with Crippen molar-refractivity contribution in [2.45, 2.75) is 50.9 Å². The van der Waals surface area contributed by atoms with Gasteiger partial charge in [0.05, 0.1) is 24.5 Å². The molecule has 0 unspecified atom stereocenters. The van der Waals surface area contributed by atoms with Gasteiger partial charge in [-0.2, -0.15) is 8.78 Å². The number of ether oxygens (including phenoxy) is 1. The normalized spacial score (nSPS) is 19.9. The van der Waals surface area contributed by atoms with E-state index in [0.717, 1.165) is 0 Å². The Hall–Kier alpha value is -0.860. The monoisotopic (exact) mass is 348 g/mol. The van der Waals surface area contributed by atoms with Crippen molar-refractivity contribution < 1.29 is 35.5 Å². The van der Waals surface area contributed by atoms with E-state index in [4.69, 9.17) is 0 Å². The second-order valence-electron chi connectivity index (χ2n) is 5.70. The Kier molecular flexibility index (Phi) is 6.23. The summed E-state index contributed by atoms with van der Waals surface area (Å²) in [6.45, 7) is -0.653. The van der Waals surface area contributed by atoms with Crippen LogP contribution in [0.2, 0.25) is 0 Å². The fourth-order valence-electron chi connectivity index (χ4n) is 2.13. The van der Waals surface area contributed by atoms with Crippen LogP contribution in [0.1, 0.15) is 39.0 Å². The van der Waals surface area contributed by atoms with Gasteiger partial charge in [0.1, 0.15) is 9.84 Å². The molecule has 0 aromatic rings. The molecule has 0 aromatic carbocycles. The number of sulfone groups is 1. The lowest BCUT2D eigenvalue weighted by molar-refractivity contribution is -0.206. The molecule has 1 aliphatic heterocycles. The first kappa shape index (κ1) is 19.2. The van der Waals surface area contributed by atoms with E-state index in [-0.39, 0.29) is 30.8 Å². The first-order chi connectivity index (χ1) is 9.93. The summed E-state index contributed by atoms with van der Waals surface area (Å²) in [5, 5.41) is 0. The summed E-state index contributed by atoms with van der Waals surface area (Å²) in [7, 11) is -2.97. The Balaban J connectivity index is 2.22. The van der Waals surface area contributed by atoms with Crippen LogP contribution in [0.4, 0.5) is 17.6 Å². The van der Waals surface area contributed by atoms with E-state index in [1.807, 2.05) is 0 Å². The van der Waals surface area contributed by atoms with Gasteiger partial charge in [-0.3, -0.25) is 4.79 Å². The lowest BCUT2D eigenvalue weighted by Crippen LogP contribution is -2.38. The van der Waals surface area contributed by atoms with E-state index >= 15 is 0 Å². The third-order valence-corrected chi connectivity index (χ3v) is 5.47. The zero-order valence-corrected chi connectivity index (χ0v) is 13.1. The molecule has 0 atom stereocenters. The molecule has 1 heterocycles. The zero-order valence-electron chi connectivity index (χ0n) is 12.3. The molecule has 0 amide bonds. The third kappa shape index (κ3) is 6.10. The van der Waals surface area contributed by atoms with E-state index in [2.05, 4.69) is 4.74 Å². The van der Waals surface area contributed by atoms with Crippen LogP contribution in [0.5, 0.6) is 0 Å². The molecule has 9 heteroatoms. The number of rotatable bonds is 7. The van der Waals surface area contributed by atoms with E-state index in [1.54, 1.807) is 0 Å². The SMILES string of the molecule is CC(F)(F)C(F)(F)CCOC(=O)CCC1CCS(=O)(=O)CC1. The van der Waals surface area contributed by atoms with Crippen molar-refractivity contribution in [3.05, 3.63) is 0 Å². The molecule has 4 nitrogen and oxygen atoms in total. The summed E-state index contributed by atoms with van der Waals surface area (Å²) < 4.78 is 77.9. The van der Waals surface area contributed by atoms with Crippen molar-refractivity contribution in [1.29, 1.82) is 0 Å². The Morgan fingerprint density at radius 1 is 1.18 bits per heavy atom. The van der Waals surface area contributed by atoms with Gasteiger partial charge in [-0.15, -0.1) is 0 Å². The Morgan fingerprint density at radius 3 is 2.23 bits per heavy atom. The van der Waals surface area contributed by atoms with E-state index in [9.17, 15) is 30.8 Å². The average Bonchev–Trinajstić information content (AvgIpc) is 2.36. The second kappa shape index (κ2) is 7.14. The van der Waals surface area contributed by atoms with Gasteiger partial charge in [0.25, 0.3) is 0 Å². The van der Waals surface area contributed by atoms with Gasteiger partial charge < -0.3 is 4.74 Å². The zero-order chi connectivity index (χ0) is 17.0. The molecule has 0 radical (unpaired) electrons. The van der Waals surface area contributed by atoms with Crippen molar-refractivity contribution >= 4 is 15.8 Å². The Bertz CT molecular complexity index is 471. The highest BCUT2D eigenvalue weighted by Gasteiger charge is 2.51. The van der Waals surface area contributed by atoms with Crippen LogP contribution < -0.4 is 0 Å². The number of alkyl halides is 4. The summed E-state index contributed by atoms with van der Waals surface area (Å²) in [6.07, 6.45) is 0.0862. The number of carbonyl (C=O) groups is 1. The van der Waals surface area contributed by atoms with Crippen LogP contribution in [-0.2, 0) is 19.4 Å². The summed E-state index contributed by atoms with van der Waals surface area (Å²) in [4.78, 5) is 11.4. The number of hydrogen-bond acceptors (Lipinski definition) is 4. The van der Waals surface area contributed by atoms with Crippen molar-refractivity contribution in [3.8, 4) is 0 Å². The molecule has 0 aliphatic carbocycles. The number of halogens is 4. The molecular weight excluding hydrogens is 328 g/mol. The van der Waals surface area contributed by atoms with Gasteiger partial charge >= 0.3 is 17.8 Å². The van der Waals surface area contributed by atoms with Crippen LogP contribution in [-0.4, -0.2) is 44.3 Å². The Labute approximate surface area is 127 Å². The lowest BCUT2D eigenvalue weighted by Gasteiger charge is -2.23. The lowest BCUT2D eigenvalue weighted by atomic mass is 9.97. The highest BCUT2D eigenvalue weighted by molar-refractivity contribution is 7.91. The van der Waals surface area contributed by atoms with Crippen molar-refractivity contribution in [3.63, 3.8) is 0 Å². The van der Waals surface area contributed by atoms with Gasteiger partial charge in [0.2, 0.25) is 0 Å². The standard InChI is InChI=1S/C13H20F4O4S/c1-12(14,15)13(16,17)6-7-21-11(18)3-2-10-4-8-22(19,20)9-5-10/h10H,2-9H2,1H3. The molecule has 1 fully saturated rings. The van der Waals surface area contributed by atoms with Gasteiger partial charge in [-0.25, -0.2) is 17.2 Å². The highest BCUT2D eigenvalue weighted by atomic mass is 32.2. The second-order valence-corrected chi connectivity index (χ2v) is 8.00. The van der Waals surface area contributed by atoms with Crippen LogP contribution in [0.25, 0.3) is 0 Å². The smallest absolute Gasteiger partial charge is 0.313 e. The van der Waals surface area contributed by atoms with Crippen molar-refractivity contribution in [2.24, 2.45) is 5.92 Å².